The van der Waals surface area contributed by atoms with E-state index in [1.165, 1.54) is 11.8 Å². The van der Waals surface area contributed by atoms with Gasteiger partial charge in [-0.25, -0.2) is 9.79 Å². The summed E-state index contributed by atoms with van der Waals surface area (Å²) in [5.41, 5.74) is 4.16. The molecule has 1 atom stereocenters. The Balaban J connectivity index is 2.18. The van der Waals surface area contributed by atoms with Gasteiger partial charge in [0.15, 0.2) is 5.17 Å². The minimum absolute atomic E-state index is 0.0304. The number of allylic oxidation sites excluding steroid dienone is 1. The zero-order chi connectivity index (χ0) is 17.4. The molecule has 0 radical (unpaired) electrons. The van der Waals surface area contributed by atoms with Crippen LogP contribution in [-0.4, -0.2) is 34.3 Å². The van der Waals surface area contributed by atoms with Crippen molar-refractivity contribution in [2.75, 3.05) is 12.4 Å². The molecule has 5 nitrogen and oxygen atoms in total. The number of aliphatic imine (C=N–C) groups is 1. The monoisotopic (exact) mass is 344 g/mol. The normalized spacial score (nSPS) is 20.2. The summed E-state index contributed by atoms with van der Waals surface area (Å²) in [5, 5.41) is 0.662. The quantitative estimate of drug-likeness (QED) is 0.791. The van der Waals surface area contributed by atoms with Gasteiger partial charge in [-0.3, -0.25) is 9.69 Å². The average Bonchev–Trinajstić information content (AvgIpc) is 2.86. The third kappa shape index (κ3) is 2.86. The van der Waals surface area contributed by atoms with Crippen LogP contribution in [0.4, 0.5) is 0 Å². The van der Waals surface area contributed by atoms with Crippen LogP contribution in [-0.2, 0) is 14.3 Å². The number of carbonyl (C=O) groups is 2. The summed E-state index contributed by atoms with van der Waals surface area (Å²) in [7, 11) is 0. The Labute approximate surface area is 145 Å². The second kappa shape index (κ2) is 6.43. The molecule has 2 aliphatic rings. The van der Waals surface area contributed by atoms with E-state index in [2.05, 4.69) is 11.1 Å². The van der Waals surface area contributed by atoms with Crippen LogP contribution in [0.1, 0.15) is 36.6 Å². The summed E-state index contributed by atoms with van der Waals surface area (Å²) in [6.07, 6.45) is 0. The highest BCUT2D eigenvalue weighted by Gasteiger charge is 2.43. The molecule has 24 heavy (non-hydrogen) atoms. The smallest absolute Gasteiger partial charge is 0.338 e. The van der Waals surface area contributed by atoms with E-state index in [0.29, 0.717) is 22.2 Å². The van der Waals surface area contributed by atoms with E-state index in [0.717, 1.165) is 16.7 Å². The van der Waals surface area contributed by atoms with Gasteiger partial charge in [0.2, 0.25) is 5.91 Å². The number of fused-ring (bicyclic) bond motifs is 1. The molecular weight excluding hydrogens is 324 g/mol. The molecule has 126 valence electrons. The van der Waals surface area contributed by atoms with E-state index in [4.69, 9.17) is 4.74 Å². The summed E-state index contributed by atoms with van der Waals surface area (Å²) in [6, 6.07) is 5.63. The van der Waals surface area contributed by atoms with Gasteiger partial charge in [0.1, 0.15) is 0 Å². The summed E-state index contributed by atoms with van der Waals surface area (Å²) in [4.78, 5) is 31.1. The van der Waals surface area contributed by atoms with Crippen LogP contribution in [0.3, 0.4) is 0 Å². The molecule has 1 amide bonds. The zero-order valence-electron chi connectivity index (χ0n) is 14.3. The van der Waals surface area contributed by atoms with Gasteiger partial charge in [-0.2, -0.15) is 0 Å². The summed E-state index contributed by atoms with van der Waals surface area (Å²) < 4.78 is 5.24. The number of carbonyl (C=O) groups excluding carboxylic acids is 2. The van der Waals surface area contributed by atoms with Crippen LogP contribution in [0.2, 0.25) is 0 Å². The van der Waals surface area contributed by atoms with Crippen molar-refractivity contribution in [3.63, 3.8) is 0 Å². The van der Waals surface area contributed by atoms with Gasteiger partial charge >= 0.3 is 5.97 Å². The molecule has 2 heterocycles. The van der Waals surface area contributed by atoms with Crippen molar-refractivity contribution >= 4 is 28.8 Å². The highest BCUT2D eigenvalue weighted by atomic mass is 32.2. The first-order valence-electron chi connectivity index (χ1n) is 7.92. The molecule has 3 rings (SSSR count). The molecule has 0 bridgehead atoms. The van der Waals surface area contributed by atoms with Crippen molar-refractivity contribution in [2.45, 2.75) is 33.7 Å². The fraction of sp³-hybridized carbons (Fsp3) is 0.389. The molecule has 0 aliphatic carbocycles. The Bertz CT molecular complexity index is 762. The molecule has 0 saturated carbocycles. The Morgan fingerprint density at radius 3 is 2.58 bits per heavy atom. The summed E-state index contributed by atoms with van der Waals surface area (Å²) in [5.74, 6) is -0.0902. The highest BCUT2D eigenvalue weighted by Crippen LogP contribution is 2.41. The number of nitrogens with zero attached hydrogens (tertiary/aromatic N) is 2. The Morgan fingerprint density at radius 2 is 1.96 bits per heavy atom. The molecule has 0 aromatic heterocycles. The molecular formula is C18H20N2O3S. The van der Waals surface area contributed by atoms with E-state index in [1.54, 1.807) is 18.7 Å². The first-order valence-corrected chi connectivity index (χ1v) is 8.90. The first kappa shape index (κ1) is 16.8. The van der Waals surface area contributed by atoms with Gasteiger partial charge in [0.05, 0.1) is 29.7 Å². The molecule has 1 unspecified atom stereocenters. The number of hydrogen-bond donors (Lipinski definition) is 0. The predicted octanol–water partition coefficient (Wildman–Crippen LogP) is 3.13. The number of amides is 1. The Kier molecular flexibility index (Phi) is 4.49. The minimum atomic E-state index is -0.474. The van der Waals surface area contributed by atoms with Gasteiger partial charge in [-0.05, 0) is 33.3 Å². The van der Waals surface area contributed by atoms with Crippen molar-refractivity contribution in [3.8, 4) is 0 Å². The average molecular weight is 344 g/mol. The minimum Gasteiger partial charge on any atom is -0.463 e. The van der Waals surface area contributed by atoms with E-state index in [1.807, 2.05) is 26.0 Å². The standard InChI is InChI=1S/C18H20N2O3S/c1-5-23-17(22)15-12(4)19-18-20(14(21)9-24-18)16(15)13-7-10(2)6-11(3)8-13/h6-8,16H,5,9H2,1-4H3. The number of aryl methyl sites for hydroxylation is 2. The van der Waals surface area contributed by atoms with Crippen LogP contribution in [0.15, 0.2) is 34.5 Å². The lowest BCUT2D eigenvalue weighted by atomic mass is 9.92. The van der Waals surface area contributed by atoms with Crippen molar-refractivity contribution in [3.05, 3.63) is 46.2 Å². The molecule has 1 aromatic rings. The second-order valence-corrected chi connectivity index (χ2v) is 6.93. The van der Waals surface area contributed by atoms with E-state index < -0.39 is 12.0 Å². The number of rotatable bonds is 3. The second-order valence-electron chi connectivity index (χ2n) is 5.99. The van der Waals surface area contributed by atoms with Crippen molar-refractivity contribution in [2.24, 2.45) is 4.99 Å². The van der Waals surface area contributed by atoms with E-state index in [9.17, 15) is 9.59 Å². The summed E-state index contributed by atoms with van der Waals surface area (Å²) in [6.45, 7) is 7.88. The van der Waals surface area contributed by atoms with Crippen LogP contribution in [0.25, 0.3) is 0 Å². The Morgan fingerprint density at radius 1 is 1.29 bits per heavy atom. The van der Waals surface area contributed by atoms with Crippen molar-refractivity contribution < 1.29 is 14.3 Å². The van der Waals surface area contributed by atoms with E-state index in [-0.39, 0.29) is 12.5 Å². The maximum absolute atomic E-state index is 12.6. The lowest BCUT2D eigenvalue weighted by molar-refractivity contribution is -0.139. The molecule has 0 N–H and O–H groups in total. The summed E-state index contributed by atoms with van der Waals surface area (Å²) >= 11 is 1.41. The number of amidine groups is 1. The third-order valence-corrected chi connectivity index (χ3v) is 4.98. The van der Waals surface area contributed by atoms with Gasteiger partial charge in [0, 0.05) is 0 Å². The zero-order valence-corrected chi connectivity index (χ0v) is 15.1. The first-order chi connectivity index (χ1) is 11.4. The molecule has 6 heteroatoms. The fourth-order valence-corrected chi connectivity index (χ4v) is 4.13. The SMILES string of the molecule is CCOC(=O)C1=C(C)N=C2SCC(=O)N2C1c1cc(C)cc(C)c1. The number of ether oxygens (including phenoxy) is 1. The van der Waals surface area contributed by atoms with Crippen LogP contribution < -0.4 is 0 Å². The van der Waals surface area contributed by atoms with Crippen molar-refractivity contribution in [1.82, 2.24) is 4.90 Å². The topological polar surface area (TPSA) is 59.0 Å². The third-order valence-electron chi connectivity index (χ3n) is 4.04. The Hall–Kier alpha value is -2.08. The number of hydrogen-bond acceptors (Lipinski definition) is 5. The number of thioether (sulfide) groups is 1. The largest absolute Gasteiger partial charge is 0.463 e. The highest BCUT2D eigenvalue weighted by molar-refractivity contribution is 8.15. The van der Waals surface area contributed by atoms with Crippen LogP contribution in [0.5, 0.6) is 0 Å². The maximum atomic E-state index is 12.6. The molecule has 1 aromatic carbocycles. The molecule has 0 spiro atoms. The maximum Gasteiger partial charge on any atom is 0.338 e. The van der Waals surface area contributed by atoms with Gasteiger partial charge in [0.25, 0.3) is 0 Å². The van der Waals surface area contributed by atoms with Gasteiger partial charge in [-0.1, -0.05) is 41.1 Å². The van der Waals surface area contributed by atoms with Gasteiger partial charge in [-0.15, -0.1) is 0 Å². The number of esters is 1. The predicted molar refractivity (Wildman–Crippen MR) is 94.7 cm³/mol. The lowest BCUT2D eigenvalue weighted by Crippen LogP contribution is -2.39. The van der Waals surface area contributed by atoms with Crippen LogP contribution in [0, 0.1) is 13.8 Å². The molecule has 1 saturated heterocycles. The molecule has 1 fully saturated rings. The fourth-order valence-electron chi connectivity index (χ4n) is 3.19. The van der Waals surface area contributed by atoms with Crippen molar-refractivity contribution in [1.29, 1.82) is 0 Å². The van der Waals surface area contributed by atoms with Crippen LogP contribution >= 0.6 is 11.8 Å². The lowest BCUT2D eigenvalue weighted by Gasteiger charge is -2.33. The van der Waals surface area contributed by atoms with Gasteiger partial charge < -0.3 is 4.74 Å². The van der Waals surface area contributed by atoms with E-state index >= 15 is 0 Å². The molecule has 2 aliphatic heterocycles. The number of benzene rings is 1.